The molecule has 0 spiro atoms. The number of alkyl halides is 4. The Kier molecular flexibility index (Phi) is 6.73. The van der Waals surface area contributed by atoms with Gasteiger partial charge in [-0.25, -0.2) is 0 Å². The summed E-state index contributed by atoms with van der Waals surface area (Å²) in [5, 5.41) is 0. The summed E-state index contributed by atoms with van der Waals surface area (Å²) in [6.45, 7) is 4.01. The first-order valence-corrected chi connectivity index (χ1v) is 10.7. The summed E-state index contributed by atoms with van der Waals surface area (Å²) in [6.07, 6.45) is 7.33. The summed E-state index contributed by atoms with van der Waals surface area (Å²) in [5.74, 6) is -11.2. The third-order valence-corrected chi connectivity index (χ3v) is 6.20. The smallest absolute Gasteiger partial charge is 0.371 e. The molecule has 0 aromatic heterocycles. The van der Waals surface area contributed by atoms with E-state index in [1.54, 1.807) is 12.1 Å². The zero-order chi connectivity index (χ0) is 21.9. The quantitative estimate of drug-likeness (QED) is 0.365. The SMILES string of the molecule is CCCC1CCC(C(=O)OC2=CC=C(c3ccc(CC)cc3)C(F)(F)C2(F)F)CC1. The van der Waals surface area contributed by atoms with Crippen molar-refractivity contribution in [3.63, 3.8) is 0 Å². The van der Waals surface area contributed by atoms with Crippen LogP contribution in [-0.4, -0.2) is 17.8 Å². The zero-order valence-corrected chi connectivity index (χ0v) is 17.4. The van der Waals surface area contributed by atoms with Crippen LogP contribution >= 0.6 is 0 Å². The Balaban J connectivity index is 1.77. The van der Waals surface area contributed by atoms with Gasteiger partial charge in [0.25, 0.3) is 0 Å². The lowest BCUT2D eigenvalue weighted by Gasteiger charge is -2.33. The van der Waals surface area contributed by atoms with E-state index in [4.69, 9.17) is 4.74 Å². The average molecular weight is 424 g/mol. The van der Waals surface area contributed by atoms with Crippen LogP contribution in [0.5, 0.6) is 0 Å². The lowest BCUT2D eigenvalue weighted by atomic mass is 9.80. The van der Waals surface area contributed by atoms with E-state index in [1.165, 1.54) is 12.1 Å². The van der Waals surface area contributed by atoms with Crippen LogP contribution in [0.15, 0.2) is 42.2 Å². The van der Waals surface area contributed by atoms with Gasteiger partial charge in [-0.1, -0.05) is 51.0 Å². The van der Waals surface area contributed by atoms with E-state index in [0.717, 1.165) is 43.4 Å². The first-order valence-electron chi connectivity index (χ1n) is 10.7. The molecule has 1 aromatic rings. The Bertz CT molecular complexity index is 816. The van der Waals surface area contributed by atoms with Gasteiger partial charge in [0.05, 0.1) is 5.92 Å². The predicted octanol–water partition coefficient (Wildman–Crippen LogP) is 6.95. The highest BCUT2D eigenvalue weighted by Crippen LogP contribution is 2.51. The summed E-state index contributed by atoms with van der Waals surface area (Å²) in [5.41, 5.74) is 0.159. The van der Waals surface area contributed by atoms with Crippen molar-refractivity contribution in [1.29, 1.82) is 0 Å². The molecule has 2 aliphatic carbocycles. The molecule has 0 N–H and O–H groups in total. The number of carbonyl (C=O) groups is 1. The third kappa shape index (κ3) is 4.33. The fourth-order valence-corrected chi connectivity index (χ4v) is 4.27. The maximum atomic E-state index is 14.7. The Hall–Kier alpha value is -2.11. The monoisotopic (exact) mass is 424 g/mol. The molecule has 3 rings (SSSR count). The van der Waals surface area contributed by atoms with Crippen molar-refractivity contribution in [2.75, 3.05) is 0 Å². The Morgan fingerprint density at radius 1 is 0.967 bits per heavy atom. The molecule has 2 aliphatic rings. The normalized spacial score (nSPS) is 25.3. The molecule has 1 fully saturated rings. The van der Waals surface area contributed by atoms with E-state index < -0.39 is 35.1 Å². The molecule has 1 saturated carbocycles. The number of aryl methyl sites for hydroxylation is 1. The Labute approximate surface area is 175 Å². The number of allylic oxidation sites excluding steroid dienone is 4. The number of rotatable bonds is 6. The number of hydrogen-bond donors (Lipinski definition) is 0. The van der Waals surface area contributed by atoms with Gasteiger partial charge in [-0.2, -0.15) is 17.6 Å². The van der Waals surface area contributed by atoms with Gasteiger partial charge in [-0.15, -0.1) is 0 Å². The van der Waals surface area contributed by atoms with Crippen LogP contribution in [0.3, 0.4) is 0 Å². The van der Waals surface area contributed by atoms with E-state index in [1.807, 2.05) is 6.92 Å². The highest BCUT2D eigenvalue weighted by molar-refractivity contribution is 5.78. The van der Waals surface area contributed by atoms with Crippen LogP contribution < -0.4 is 0 Å². The van der Waals surface area contributed by atoms with Crippen molar-refractivity contribution in [2.45, 2.75) is 70.6 Å². The maximum absolute atomic E-state index is 14.7. The third-order valence-electron chi connectivity index (χ3n) is 6.20. The summed E-state index contributed by atoms with van der Waals surface area (Å²) in [7, 11) is 0. The second-order valence-corrected chi connectivity index (χ2v) is 8.24. The molecule has 0 bridgehead atoms. The van der Waals surface area contributed by atoms with E-state index in [-0.39, 0.29) is 5.56 Å². The number of halogens is 4. The summed E-state index contributed by atoms with van der Waals surface area (Å²) >= 11 is 0. The number of carbonyl (C=O) groups excluding carboxylic acids is 1. The Morgan fingerprint density at radius 2 is 1.60 bits per heavy atom. The van der Waals surface area contributed by atoms with Gasteiger partial charge in [0.1, 0.15) is 0 Å². The van der Waals surface area contributed by atoms with Gasteiger partial charge >= 0.3 is 17.8 Å². The lowest BCUT2D eigenvalue weighted by Crippen LogP contribution is -2.46. The van der Waals surface area contributed by atoms with Gasteiger partial charge in [0, 0.05) is 5.57 Å². The molecule has 1 aromatic carbocycles. The van der Waals surface area contributed by atoms with Crippen LogP contribution in [0.1, 0.15) is 63.5 Å². The minimum atomic E-state index is -4.60. The zero-order valence-electron chi connectivity index (χ0n) is 17.4. The average Bonchev–Trinajstić information content (AvgIpc) is 2.73. The van der Waals surface area contributed by atoms with E-state index in [9.17, 15) is 22.4 Å². The largest absolute Gasteiger partial charge is 0.424 e. The van der Waals surface area contributed by atoms with Gasteiger partial charge in [0.15, 0.2) is 5.76 Å². The van der Waals surface area contributed by atoms with Gasteiger partial charge in [-0.05, 0) is 61.3 Å². The minimum Gasteiger partial charge on any atom is -0.424 e. The molecule has 6 heteroatoms. The van der Waals surface area contributed by atoms with Crippen LogP contribution in [-0.2, 0) is 16.0 Å². The van der Waals surface area contributed by atoms with Crippen molar-refractivity contribution in [1.82, 2.24) is 0 Å². The van der Waals surface area contributed by atoms with Crippen molar-refractivity contribution < 1.29 is 27.1 Å². The number of hydrogen-bond acceptors (Lipinski definition) is 2. The molecule has 0 saturated heterocycles. The molecule has 0 heterocycles. The molecule has 164 valence electrons. The topological polar surface area (TPSA) is 26.3 Å². The predicted molar refractivity (Wildman–Crippen MR) is 108 cm³/mol. The van der Waals surface area contributed by atoms with Crippen molar-refractivity contribution in [3.8, 4) is 0 Å². The van der Waals surface area contributed by atoms with Crippen molar-refractivity contribution in [3.05, 3.63) is 53.3 Å². The lowest BCUT2D eigenvalue weighted by molar-refractivity contribution is -0.182. The van der Waals surface area contributed by atoms with Crippen LogP contribution in [0.4, 0.5) is 17.6 Å². The maximum Gasteiger partial charge on any atom is 0.371 e. The molecule has 0 radical (unpaired) electrons. The molecule has 0 amide bonds. The van der Waals surface area contributed by atoms with Crippen LogP contribution in [0, 0.1) is 11.8 Å². The first-order chi connectivity index (χ1) is 14.2. The van der Waals surface area contributed by atoms with Crippen molar-refractivity contribution in [2.24, 2.45) is 11.8 Å². The van der Waals surface area contributed by atoms with E-state index >= 15 is 0 Å². The van der Waals surface area contributed by atoms with E-state index in [0.29, 0.717) is 25.2 Å². The summed E-state index contributed by atoms with van der Waals surface area (Å²) < 4.78 is 63.7. The second kappa shape index (κ2) is 8.94. The molecule has 0 aliphatic heterocycles. The summed E-state index contributed by atoms with van der Waals surface area (Å²) in [6, 6.07) is 6.10. The molecular weight excluding hydrogens is 396 g/mol. The van der Waals surface area contributed by atoms with Crippen LogP contribution in [0.2, 0.25) is 0 Å². The fraction of sp³-hybridized carbons (Fsp3) is 0.542. The standard InChI is InChI=1S/C24H28F4O2/c1-3-5-17-8-12-19(13-9-17)22(29)30-21-15-14-20(23(25,26)24(21,27)28)18-10-6-16(4-2)7-11-18/h6-7,10-11,14-15,17,19H,3-5,8-9,12-13H2,1-2H3. The second-order valence-electron chi connectivity index (χ2n) is 8.24. The van der Waals surface area contributed by atoms with Gasteiger partial charge in [-0.3, -0.25) is 4.79 Å². The minimum absolute atomic E-state index is 0.0211. The molecule has 0 unspecified atom stereocenters. The van der Waals surface area contributed by atoms with Gasteiger partial charge in [0.2, 0.25) is 0 Å². The van der Waals surface area contributed by atoms with E-state index in [2.05, 4.69) is 6.92 Å². The molecular formula is C24H28F4O2. The first kappa shape index (κ1) is 22.6. The highest BCUT2D eigenvalue weighted by Gasteiger charge is 2.64. The Morgan fingerprint density at radius 3 is 2.17 bits per heavy atom. The highest BCUT2D eigenvalue weighted by atomic mass is 19.3. The van der Waals surface area contributed by atoms with Gasteiger partial charge < -0.3 is 4.74 Å². The summed E-state index contributed by atoms with van der Waals surface area (Å²) in [4.78, 5) is 12.4. The fourth-order valence-electron chi connectivity index (χ4n) is 4.27. The number of benzene rings is 1. The van der Waals surface area contributed by atoms with Crippen LogP contribution in [0.25, 0.3) is 5.57 Å². The number of esters is 1. The molecule has 30 heavy (non-hydrogen) atoms. The molecule has 0 atom stereocenters. The molecule has 2 nitrogen and oxygen atoms in total. The number of ether oxygens (including phenoxy) is 1. The van der Waals surface area contributed by atoms with Crippen molar-refractivity contribution >= 4 is 11.5 Å².